The maximum Gasteiger partial charge on any atom is 0.0688 e. The number of para-hydroxylation sites is 2. The van der Waals surface area contributed by atoms with Crippen LogP contribution in [0.25, 0.3) is 0 Å². The number of hydrogen-bond donors (Lipinski definition) is 0. The first-order valence-electron chi connectivity index (χ1n) is 9.14. The summed E-state index contributed by atoms with van der Waals surface area (Å²) in [4.78, 5) is 5.20. The van der Waals surface area contributed by atoms with Gasteiger partial charge in [-0.15, -0.1) is 0 Å². The van der Waals surface area contributed by atoms with Crippen LogP contribution in [0.1, 0.15) is 38.8 Å². The molecule has 0 bridgehead atoms. The summed E-state index contributed by atoms with van der Waals surface area (Å²) in [5, 5.41) is 0. The maximum absolute atomic E-state index is 2.60. The average molecular weight is 318 g/mol. The first-order valence-corrected chi connectivity index (χ1v) is 9.14. The number of anilines is 4. The van der Waals surface area contributed by atoms with Crippen molar-refractivity contribution in [2.24, 2.45) is 10.8 Å². The molecule has 0 amide bonds. The van der Waals surface area contributed by atoms with Gasteiger partial charge in [0.25, 0.3) is 0 Å². The molecule has 0 radical (unpaired) electrons. The van der Waals surface area contributed by atoms with E-state index in [1.54, 1.807) is 0 Å². The highest BCUT2D eigenvalue weighted by Crippen LogP contribution is 2.57. The Morgan fingerprint density at radius 3 is 1.50 bits per heavy atom. The monoisotopic (exact) mass is 318 g/mol. The molecule has 24 heavy (non-hydrogen) atoms. The fourth-order valence-corrected chi connectivity index (χ4v) is 5.04. The second kappa shape index (κ2) is 4.36. The van der Waals surface area contributed by atoms with Crippen LogP contribution < -0.4 is 9.80 Å². The summed E-state index contributed by atoms with van der Waals surface area (Å²) < 4.78 is 0. The van der Waals surface area contributed by atoms with Crippen LogP contribution in [-0.2, 0) is 12.8 Å². The highest BCUT2D eigenvalue weighted by Gasteiger charge is 2.42. The summed E-state index contributed by atoms with van der Waals surface area (Å²) in [5.41, 5.74) is 9.40. The lowest BCUT2D eigenvalue weighted by Crippen LogP contribution is -2.45. The predicted octanol–water partition coefficient (Wildman–Crippen LogP) is 5.44. The van der Waals surface area contributed by atoms with Crippen LogP contribution in [0.2, 0.25) is 0 Å². The Hall–Kier alpha value is -1.96. The Labute approximate surface area is 145 Å². The highest BCUT2D eigenvalue weighted by molar-refractivity contribution is 5.97. The molecule has 0 unspecified atom stereocenters. The van der Waals surface area contributed by atoms with Gasteiger partial charge in [0, 0.05) is 13.1 Å². The largest absolute Gasteiger partial charge is 0.337 e. The minimum Gasteiger partial charge on any atom is -0.337 e. The molecule has 3 aliphatic heterocycles. The third-order valence-corrected chi connectivity index (χ3v) is 5.83. The summed E-state index contributed by atoms with van der Waals surface area (Å²) >= 11 is 0. The van der Waals surface area contributed by atoms with Gasteiger partial charge in [-0.25, -0.2) is 0 Å². The van der Waals surface area contributed by atoms with Crippen molar-refractivity contribution < 1.29 is 0 Å². The molecule has 2 nitrogen and oxygen atoms in total. The molecule has 2 heteroatoms. The Morgan fingerprint density at radius 2 is 1.08 bits per heavy atom. The maximum atomic E-state index is 2.60. The van der Waals surface area contributed by atoms with Gasteiger partial charge in [-0.1, -0.05) is 52.0 Å². The van der Waals surface area contributed by atoms with Crippen molar-refractivity contribution in [2.45, 2.75) is 40.5 Å². The van der Waals surface area contributed by atoms with Crippen molar-refractivity contribution in [3.05, 3.63) is 47.5 Å². The van der Waals surface area contributed by atoms with E-state index in [4.69, 9.17) is 0 Å². The van der Waals surface area contributed by atoms with Gasteiger partial charge >= 0.3 is 0 Å². The molecule has 3 aliphatic rings. The van der Waals surface area contributed by atoms with E-state index in [0.717, 1.165) is 13.1 Å². The van der Waals surface area contributed by atoms with Gasteiger partial charge in [0.1, 0.15) is 0 Å². The van der Waals surface area contributed by atoms with Crippen LogP contribution in [0.3, 0.4) is 0 Å². The number of hydrogen-bond acceptors (Lipinski definition) is 2. The molecule has 0 saturated carbocycles. The molecule has 0 aromatic heterocycles. The van der Waals surface area contributed by atoms with Gasteiger partial charge in [-0.05, 0) is 46.9 Å². The third-order valence-electron chi connectivity index (χ3n) is 5.83. The Balaban J connectivity index is 1.83. The van der Waals surface area contributed by atoms with E-state index in [0.29, 0.717) is 10.8 Å². The molecule has 0 atom stereocenters. The molecule has 5 rings (SSSR count). The minimum absolute atomic E-state index is 0.310. The number of benzene rings is 2. The van der Waals surface area contributed by atoms with Gasteiger partial charge in [0.05, 0.1) is 22.7 Å². The highest BCUT2D eigenvalue weighted by atomic mass is 15.3. The van der Waals surface area contributed by atoms with E-state index in [1.807, 2.05) is 0 Å². The predicted molar refractivity (Wildman–Crippen MR) is 102 cm³/mol. The van der Waals surface area contributed by atoms with Crippen LogP contribution in [0.5, 0.6) is 0 Å². The van der Waals surface area contributed by atoms with E-state index >= 15 is 0 Å². The minimum atomic E-state index is 0.310. The Bertz CT molecular complexity index is 777. The molecular formula is C22H26N2. The summed E-state index contributed by atoms with van der Waals surface area (Å²) in [6, 6.07) is 13.8. The second-order valence-corrected chi connectivity index (χ2v) is 9.42. The fraction of sp³-hybridized carbons (Fsp3) is 0.455. The number of nitrogens with zero attached hydrogens (tertiary/aromatic N) is 2. The van der Waals surface area contributed by atoms with Gasteiger partial charge in [0.15, 0.2) is 0 Å². The zero-order valence-electron chi connectivity index (χ0n) is 15.2. The van der Waals surface area contributed by atoms with E-state index in [-0.39, 0.29) is 0 Å². The molecule has 3 heterocycles. The number of fused-ring (bicyclic) bond motifs is 3. The molecule has 0 N–H and O–H groups in total. The molecule has 2 aromatic rings. The number of rotatable bonds is 0. The van der Waals surface area contributed by atoms with Crippen molar-refractivity contribution in [1.82, 2.24) is 0 Å². The molecule has 0 spiro atoms. The summed E-state index contributed by atoms with van der Waals surface area (Å²) in [5.74, 6) is 0. The normalized spacial score (nSPS) is 22.0. The van der Waals surface area contributed by atoms with E-state index in [9.17, 15) is 0 Å². The summed E-state index contributed by atoms with van der Waals surface area (Å²) in [7, 11) is 0. The SMILES string of the molecule is CC1(C)Cc2ccc3c4c2N(C1)c1ccccc1N4CC(C)(C)C3. The first kappa shape index (κ1) is 14.4. The molecule has 0 saturated heterocycles. The van der Waals surface area contributed by atoms with Gasteiger partial charge in [-0.3, -0.25) is 0 Å². The third kappa shape index (κ3) is 1.89. The smallest absolute Gasteiger partial charge is 0.0688 e. The molecule has 2 aromatic carbocycles. The lowest BCUT2D eigenvalue weighted by Gasteiger charge is -2.52. The molecule has 0 fully saturated rings. The van der Waals surface area contributed by atoms with Crippen molar-refractivity contribution in [3.63, 3.8) is 0 Å². The summed E-state index contributed by atoms with van der Waals surface area (Å²) in [6.07, 6.45) is 2.34. The average Bonchev–Trinajstić information content (AvgIpc) is 2.51. The lowest BCUT2D eigenvalue weighted by molar-refractivity contribution is 0.348. The van der Waals surface area contributed by atoms with Crippen LogP contribution >= 0.6 is 0 Å². The van der Waals surface area contributed by atoms with Gasteiger partial charge in [0.2, 0.25) is 0 Å². The molecule has 0 aliphatic carbocycles. The van der Waals surface area contributed by atoms with Gasteiger partial charge < -0.3 is 9.80 Å². The van der Waals surface area contributed by atoms with Crippen molar-refractivity contribution >= 4 is 22.7 Å². The summed E-state index contributed by atoms with van der Waals surface area (Å²) in [6.45, 7) is 11.8. The zero-order chi connectivity index (χ0) is 16.7. The Kier molecular flexibility index (Phi) is 2.61. The van der Waals surface area contributed by atoms with Gasteiger partial charge in [-0.2, -0.15) is 0 Å². The lowest BCUT2D eigenvalue weighted by atomic mass is 9.75. The van der Waals surface area contributed by atoms with Crippen LogP contribution in [0.4, 0.5) is 22.7 Å². The van der Waals surface area contributed by atoms with Crippen molar-refractivity contribution in [3.8, 4) is 0 Å². The fourth-order valence-electron chi connectivity index (χ4n) is 5.04. The first-order chi connectivity index (χ1) is 11.3. The van der Waals surface area contributed by atoms with Crippen LogP contribution in [-0.4, -0.2) is 13.1 Å². The van der Waals surface area contributed by atoms with Crippen LogP contribution in [0, 0.1) is 10.8 Å². The topological polar surface area (TPSA) is 6.48 Å². The van der Waals surface area contributed by atoms with Crippen LogP contribution in [0.15, 0.2) is 36.4 Å². The van der Waals surface area contributed by atoms with E-state index in [1.165, 1.54) is 46.7 Å². The van der Waals surface area contributed by atoms with E-state index in [2.05, 4.69) is 73.9 Å². The Morgan fingerprint density at radius 1 is 0.667 bits per heavy atom. The quantitative estimate of drug-likeness (QED) is 0.638. The zero-order valence-corrected chi connectivity index (χ0v) is 15.2. The standard InChI is InChI=1S/C22H26N2/c1-21(2)11-15-9-10-16-12-22(3,4)14-24-18-8-6-5-7-17(18)23(13-21)19(15)20(16)24/h5-10H,11-14H2,1-4H3. The van der Waals surface area contributed by atoms with E-state index < -0.39 is 0 Å². The van der Waals surface area contributed by atoms with Crippen molar-refractivity contribution in [1.29, 1.82) is 0 Å². The second-order valence-electron chi connectivity index (χ2n) is 9.42. The molecule has 124 valence electrons. The molecular weight excluding hydrogens is 292 g/mol. The van der Waals surface area contributed by atoms with Crippen molar-refractivity contribution in [2.75, 3.05) is 22.9 Å².